The molecule has 0 atom stereocenters. The Morgan fingerprint density at radius 1 is 1.48 bits per heavy atom. The van der Waals surface area contributed by atoms with E-state index in [2.05, 4.69) is 29.1 Å². The summed E-state index contributed by atoms with van der Waals surface area (Å²) in [6, 6.07) is 0. The normalized spacial score (nSPS) is 17.1. The molecule has 1 saturated heterocycles. The number of likely N-dealkylation sites (tertiary alicyclic amines) is 1. The summed E-state index contributed by atoms with van der Waals surface area (Å²) in [6.07, 6.45) is 4.09. The Balaban J connectivity index is 1.96. The number of nitrogens with zero attached hydrogens (tertiary/aromatic N) is 3. The van der Waals surface area contributed by atoms with Crippen LogP contribution in [0.3, 0.4) is 0 Å². The molecule has 1 aromatic rings. The maximum absolute atomic E-state index is 12.5. The largest absolute Gasteiger partial charge is 0.395 e. The molecule has 1 aliphatic rings. The summed E-state index contributed by atoms with van der Waals surface area (Å²) in [5, 5.41) is 7.00. The average molecular weight is 293 g/mol. The van der Waals surface area contributed by atoms with E-state index in [-0.39, 0.29) is 5.91 Å². The van der Waals surface area contributed by atoms with Gasteiger partial charge in [-0.2, -0.15) is 5.10 Å². The number of nitrogens with one attached hydrogen (secondary N) is 1. The lowest BCUT2D eigenvalue weighted by molar-refractivity contribution is 0.0742. The molecule has 0 bridgehead atoms. The van der Waals surface area contributed by atoms with Gasteiger partial charge in [0.1, 0.15) is 0 Å². The maximum atomic E-state index is 12.5. The standard InChI is InChI=1S/C15H27N5O/c1-4-5-12-13(16)14(18-17-12)15(21)20(3)10-11-6-8-19(2)9-7-11/h11H,4-10,16H2,1-3H3,(H,17,18). The van der Waals surface area contributed by atoms with Gasteiger partial charge in [0.15, 0.2) is 5.69 Å². The fraction of sp³-hybridized carbons (Fsp3) is 0.733. The fourth-order valence-corrected chi connectivity index (χ4v) is 2.89. The third kappa shape index (κ3) is 3.75. The van der Waals surface area contributed by atoms with Crippen molar-refractivity contribution in [1.82, 2.24) is 20.0 Å². The summed E-state index contributed by atoms with van der Waals surface area (Å²) in [7, 11) is 3.99. The number of nitrogen functional groups attached to an aromatic ring is 1. The monoisotopic (exact) mass is 293 g/mol. The molecule has 6 nitrogen and oxygen atoms in total. The molecule has 0 aromatic carbocycles. The highest BCUT2D eigenvalue weighted by Crippen LogP contribution is 2.20. The van der Waals surface area contributed by atoms with Gasteiger partial charge in [-0.05, 0) is 45.3 Å². The highest BCUT2D eigenvalue weighted by Gasteiger charge is 2.24. The van der Waals surface area contributed by atoms with E-state index in [1.54, 1.807) is 4.90 Å². The summed E-state index contributed by atoms with van der Waals surface area (Å²) in [5.74, 6) is 0.496. The minimum atomic E-state index is -0.0787. The van der Waals surface area contributed by atoms with Crippen LogP contribution in [0.15, 0.2) is 0 Å². The number of aryl methyl sites for hydroxylation is 1. The second kappa shape index (κ2) is 6.93. The molecule has 0 unspecified atom stereocenters. The van der Waals surface area contributed by atoms with Crippen LogP contribution in [-0.2, 0) is 6.42 Å². The van der Waals surface area contributed by atoms with E-state index in [1.165, 1.54) is 0 Å². The van der Waals surface area contributed by atoms with Crippen molar-refractivity contribution >= 4 is 11.6 Å². The molecular weight excluding hydrogens is 266 g/mol. The zero-order valence-corrected chi connectivity index (χ0v) is 13.4. The van der Waals surface area contributed by atoms with Gasteiger partial charge in [0, 0.05) is 13.6 Å². The number of anilines is 1. The van der Waals surface area contributed by atoms with E-state index in [0.29, 0.717) is 17.3 Å². The Morgan fingerprint density at radius 2 is 2.14 bits per heavy atom. The molecule has 1 aliphatic heterocycles. The third-order valence-electron chi connectivity index (χ3n) is 4.30. The van der Waals surface area contributed by atoms with Crippen LogP contribution in [0.1, 0.15) is 42.4 Å². The molecule has 0 radical (unpaired) electrons. The van der Waals surface area contributed by atoms with E-state index in [4.69, 9.17) is 5.73 Å². The molecule has 0 spiro atoms. The zero-order valence-electron chi connectivity index (χ0n) is 13.4. The molecule has 21 heavy (non-hydrogen) atoms. The molecule has 0 saturated carbocycles. The Kier molecular flexibility index (Phi) is 5.22. The third-order valence-corrected chi connectivity index (χ3v) is 4.30. The maximum Gasteiger partial charge on any atom is 0.276 e. The van der Waals surface area contributed by atoms with Crippen molar-refractivity contribution in [2.24, 2.45) is 5.92 Å². The van der Waals surface area contributed by atoms with Crippen LogP contribution in [0.2, 0.25) is 0 Å². The molecule has 1 amide bonds. The SMILES string of the molecule is CCCc1[nH]nc(C(=O)N(C)CC2CCN(C)CC2)c1N. The number of aromatic amines is 1. The van der Waals surface area contributed by atoms with Crippen LogP contribution < -0.4 is 5.73 Å². The smallest absolute Gasteiger partial charge is 0.276 e. The van der Waals surface area contributed by atoms with Crippen molar-refractivity contribution in [2.75, 3.05) is 39.5 Å². The number of hydrogen-bond acceptors (Lipinski definition) is 4. The van der Waals surface area contributed by atoms with Crippen LogP contribution in [0.25, 0.3) is 0 Å². The van der Waals surface area contributed by atoms with Gasteiger partial charge in [0.25, 0.3) is 5.91 Å². The van der Waals surface area contributed by atoms with Crippen molar-refractivity contribution in [3.8, 4) is 0 Å². The van der Waals surface area contributed by atoms with Crippen molar-refractivity contribution < 1.29 is 4.79 Å². The van der Waals surface area contributed by atoms with Crippen molar-refractivity contribution in [3.05, 3.63) is 11.4 Å². The number of carbonyl (C=O) groups is 1. The van der Waals surface area contributed by atoms with Gasteiger partial charge in [-0.25, -0.2) is 0 Å². The topological polar surface area (TPSA) is 78.2 Å². The van der Waals surface area contributed by atoms with E-state index in [0.717, 1.165) is 51.0 Å². The Hall–Kier alpha value is -1.56. The second-order valence-electron chi connectivity index (χ2n) is 6.15. The number of nitrogens with two attached hydrogens (primary N) is 1. The average Bonchev–Trinajstić information content (AvgIpc) is 2.82. The molecule has 3 N–H and O–H groups in total. The number of rotatable bonds is 5. The first-order valence-electron chi connectivity index (χ1n) is 7.79. The number of amides is 1. The highest BCUT2D eigenvalue weighted by molar-refractivity contribution is 5.97. The summed E-state index contributed by atoms with van der Waals surface area (Å²) in [6.45, 7) is 5.08. The van der Waals surface area contributed by atoms with Crippen molar-refractivity contribution in [3.63, 3.8) is 0 Å². The molecule has 2 heterocycles. The Bertz CT molecular complexity index is 476. The van der Waals surface area contributed by atoms with Gasteiger partial charge < -0.3 is 15.5 Å². The van der Waals surface area contributed by atoms with Crippen LogP contribution in [0, 0.1) is 5.92 Å². The van der Waals surface area contributed by atoms with E-state index >= 15 is 0 Å². The van der Waals surface area contributed by atoms with E-state index < -0.39 is 0 Å². The van der Waals surface area contributed by atoms with Gasteiger partial charge in [0.2, 0.25) is 0 Å². The van der Waals surface area contributed by atoms with Gasteiger partial charge in [-0.15, -0.1) is 0 Å². The van der Waals surface area contributed by atoms with Crippen LogP contribution in [-0.4, -0.2) is 59.6 Å². The molecule has 6 heteroatoms. The summed E-state index contributed by atoms with van der Waals surface area (Å²) in [4.78, 5) is 16.6. The van der Waals surface area contributed by atoms with E-state index in [9.17, 15) is 4.79 Å². The summed E-state index contributed by atoms with van der Waals surface area (Å²) >= 11 is 0. The lowest BCUT2D eigenvalue weighted by atomic mass is 9.96. The number of piperidine rings is 1. The Labute approximate surface area is 126 Å². The minimum Gasteiger partial charge on any atom is -0.395 e. The second-order valence-corrected chi connectivity index (χ2v) is 6.15. The summed E-state index contributed by atoms with van der Waals surface area (Å²) < 4.78 is 0. The molecule has 1 aromatic heterocycles. The van der Waals surface area contributed by atoms with Gasteiger partial charge in [-0.3, -0.25) is 9.89 Å². The molecule has 118 valence electrons. The lowest BCUT2D eigenvalue weighted by Crippen LogP contribution is -2.38. The van der Waals surface area contributed by atoms with Crippen molar-refractivity contribution in [2.45, 2.75) is 32.6 Å². The van der Waals surface area contributed by atoms with Crippen LogP contribution in [0.5, 0.6) is 0 Å². The first-order valence-corrected chi connectivity index (χ1v) is 7.79. The predicted octanol–water partition coefficient (Wildman–Crippen LogP) is 1.36. The van der Waals surface area contributed by atoms with E-state index in [1.807, 2.05) is 7.05 Å². The highest BCUT2D eigenvalue weighted by atomic mass is 16.2. The number of aromatic nitrogens is 2. The van der Waals surface area contributed by atoms with Crippen LogP contribution in [0.4, 0.5) is 5.69 Å². The first kappa shape index (κ1) is 15.8. The van der Waals surface area contributed by atoms with Gasteiger partial charge >= 0.3 is 0 Å². The predicted molar refractivity (Wildman–Crippen MR) is 84.2 cm³/mol. The van der Waals surface area contributed by atoms with Crippen LogP contribution >= 0.6 is 0 Å². The zero-order chi connectivity index (χ0) is 15.4. The number of H-pyrrole nitrogens is 1. The molecule has 2 rings (SSSR count). The number of hydrogen-bond donors (Lipinski definition) is 2. The van der Waals surface area contributed by atoms with Crippen molar-refractivity contribution in [1.29, 1.82) is 0 Å². The first-order chi connectivity index (χ1) is 10.0. The number of carbonyl (C=O) groups excluding carboxylic acids is 1. The molecule has 0 aliphatic carbocycles. The lowest BCUT2D eigenvalue weighted by Gasteiger charge is -2.31. The fourth-order valence-electron chi connectivity index (χ4n) is 2.89. The van der Waals surface area contributed by atoms with Gasteiger partial charge in [-0.1, -0.05) is 13.3 Å². The molecule has 1 fully saturated rings. The quantitative estimate of drug-likeness (QED) is 0.859. The Morgan fingerprint density at radius 3 is 2.76 bits per heavy atom. The summed E-state index contributed by atoms with van der Waals surface area (Å²) in [5.41, 5.74) is 7.78. The molecular formula is C15H27N5O. The van der Waals surface area contributed by atoms with Gasteiger partial charge in [0.05, 0.1) is 11.4 Å². The minimum absolute atomic E-state index is 0.0787.